The Morgan fingerprint density at radius 3 is 2.11 bits per heavy atom. The lowest BCUT2D eigenvalue weighted by Gasteiger charge is -2.32. The molecule has 0 bridgehead atoms. The van der Waals surface area contributed by atoms with Gasteiger partial charge in [-0.15, -0.1) is 0 Å². The molecule has 0 saturated heterocycles. The number of carbonyl (C=O) groups excluding carboxylic acids is 2. The predicted octanol–water partition coefficient (Wildman–Crippen LogP) is 4.69. The maximum Gasteiger partial charge on any atom is 0.264 e. The Labute approximate surface area is 226 Å². The van der Waals surface area contributed by atoms with Gasteiger partial charge in [0.1, 0.15) is 12.6 Å². The number of nitrogens with zero attached hydrogens (tertiary/aromatic N) is 2. The summed E-state index contributed by atoms with van der Waals surface area (Å²) in [6, 6.07) is 21.9. The molecule has 0 radical (unpaired) electrons. The Morgan fingerprint density at radius 2 is 1.50 bits per heavy atom. The lowest BCUT2D eigenvalue weighted by atomic mass is 10.1. The molecule has 7 nitrogen and oxygen atoms in total. The number of aryl methyl sites for hydroxylation is 2. The lowest BCUT2D eigenvalue weighted by molar-refractivity contribution is -0.139. The highest BCUT2D eigenvalue weighted by molar-refractivity contribution is 7.92. The standard InChI is InChI=1S/C30H37N3O4S/c1-22(2)19-31-30(35)25(5)32(20-26-11-9-10-24(4)18-26)29(34)21-33(27-16-14-23(3)15-17-27)38(36,37)28-12-7-6-8-13-28/h6-18,22,25H,19-21H2,1-5H3,(H,31,35)/t25-/m0/s1. The minimum Gasteiger partial charge on any atom is -0.354 e. The normalized spacial score (nSPS) is 12.2. The average molecular weight is 536 g/mol. The van der Waals surface area contributed by atoms with E-state index in [1.807, 2.05) is 52.0 Å². The third-order valence-electron chi connectivity index (χ3n) is 6.22. The van der Waals surface area contributed by atoms with Crippen molar-refractivity contribution in [2.24, 2.45) is 5.92 Å². The number of rotatable bonds is 11. The van der Waals surface area contributed by atoms with Gasteiger partial charge in [0, 0.05) is 13.1 Å². The molecule has 0 aromatic heterocycles. The third-order valence-corrected chi connectivity index (χ3v) is 8.01. The molecular formula is C30H37N3O4S. The first-order valence-electron chi connectivity index (χ1n) is 12.8. The van der Waals surface area contributed by atoms with Gasteiger partial charge in [0.15, 0.2) is 0 Å². The van der Waals surface area contributed by atoms with E-state index in [0.717, 1.165) is 21.0 Å². The summed E-state index contributed by atoms with van der Waals surface area (Å²) in [5, 5.41) is 2.90. The number of benzene rings is 3. The van der Waals surface area contributed by atoms with Crippen molar-refractivity contribution in [2.75, 3.05) is 17.4 Å². The molecule has 1 N–H and O–H groups in total. The molecule has 3 aromatic carbocycles. The van der Waals surface area contributed by atoms with Gasteiger partial charge in [-0.3, -0.25) is 13.9 Å². The zero-order valence-electron chi connectivity index (χ0n) is 22.7. The smallest absolute Gasteiger partial charge is 0.264 e. The highest BCUT2D eigenvalue weighted by Crippen LogP contribution is 2.25. The third kappa shape index (κ3) is 7.44. The Kier molecular flexibility index (Phi) is 9.69. The average Bonchev–Trinajstić information content (AvgIpc) is 2.89. The molecule has 3 aromatic rings. The minimum atomic E-state index is -4.06. The van der Waals surface area contributed by atoms with Crippen molar-refractivity contribution < 1.29 is 18.0 Å². The fraction of sp³-hybridized carbons (Fsp3) is 0.333. The first kappa shape index (κ1) is 28.9. The molecule has 2 amide bonds. The van der Waals surface area contributed by atoms with E-state index in [0.29, 0.717) is 12.2 Å². The number of sulfonamides is 1. The maximum atomic E-state index is 13.9. The molecule has 0 aliphatic carbocycles. The largest absolute Gasteiger partial charge is 0.354 e. The second-order valence-corrected chi connectivity index (χ2v) is 11.8. The monoisotopic (exact) mass is 535 g/mol. The first-order valence-corrected chi connectivity index (χ1v) is 14.2. The van der Waals surface area contributed by atoms with E-state index in [1.54, 1.807) is 49.4 Å². The summed E-state index contributed by atoms with van der Waals surface area (Å²) in [5.41, 5.74) is 3.23. The molecule has 0 spiro atoms. The van der Waals surface area contributed by atoms with Gasteiger partial charge in [0.05, 0.1) is 10.6 Å². The van der Waals surface area contributed by atoms with E-state index in [1.165, 1.54) is 17.0 Å². The highest BCUT2D eigenvalue weighted by atomic mass is 32.2. The highest BCUT2D eigenvalue weighted by Gasteiger charge is 2.32. The van der Waals surface area contributed by atoms with E-state index >= 15 is 0 Å². The van der Waals surface area contributed by atoms with Crippen molar-refractivity contribution in [3.8, 4) is 0 Å². The zero-order valence-corrected chi connectivity index (χ0v) is 23.5. The molecule has 202 valence electrons. The molecule has 0 heterocycles. The Balaban J connectivity index is 1.99. The van der Waals surface area contributed by atoms with Gasteiger partial charge in [-0.1, -0.05) is 79.6 Å². The van der Waals surface area contributed by atoms with Crippen LogP contribution in [0, 0.1) is 19.8 Å². The summed E-state index contributed by atoms with van der Waals surface area (Å²) in [6.45, 7) is 9.73. The van der Waals surface area contributed by atoms with Crippen molar-refractivity contribution in [1.29, 1.82) is 0 Å². The van der Waals surface area contributed by atoms with Crippen molar-refractivity contribution in [3.63, 3.8) is 0 Å². The summed E-state index contributed by atoms with van der Waals surface area (Å²) >= 11 is 0. The van der Waals surface area contributed by atoms with Crippen LogP contribution in [-0.2, 0) is 26.2 Å². The summed E-state index contributed by atoms with van der Waals surface area (Å²) in [5.74, 6) is -0.508. The number of anilines is 1. The van der Waals surface area contributed by atoms with Crippen LogP contribution in [0.25, 0.3) is 0 Å². The number of carbonyl (C=O) groups is 2. The van der Waals surface area contributed by atoms with Crippen LogP contribution in [0.4, 0.5) is 5.69 Å². The molecule has 38 heavy (non-hydrogen) atoms. The van der Waals surface area contributed by atoms with Gasteiger partial charge in [-0.2, -0.15) is 0 Å². The number of hydrogen-bond acceptors (Lipinski definition) is 4. The van der Waals surface area contributed by atoms with Crippen molar-refractivity contribution in [2.45, 2.75) is 52.1 Å². The van der Waals surface area contributed by atoms with Crippen molar-refractivity contribution in [3.05, 3.63) is 95.6 Å². The topological polar surface area (TPSA) is 86.8 Å². The molecule has 3 rings (SSSR count). The molecule has 0 aliphatic heterocycles. The van der Waals surface area contributed by atoms with Gasteiger partial charge in [0.2, 0.25) is 11.8 Å². The Bertz CT molecular complexity index is 1340. The van der Waals surface area contributed by atoms with Crippen LogP contribution in [-0.4, -0.2) is 44.3 Å². The summed E-state index contributed by atoms with van der Waals surface area (Å²) < 4.78 is 28.6. The van der Waals surface area contributed by atoms with Gasteiger partial charge in [0.25, 0.3) is 10.0 Å². The molecule has 0 fully saturated rings. The predicted molar refractivity (Wildman–Crippen MR) is 151 cm³/mol. The van der Waals surface area contributed by atoms with Crippen LogP contribution in [0.2, 0.25) is 0 Å². The van der Waals surface area contributed by atoms with Gasteiger partial charge < -0.3 is 10.2 Å². The minimum absolute atomic E-state index is 0.0846. The van der Waals surface area contributed by atoms with Crippen molar-refractivity contribution >= 4 is 27.5 Å². The van der Waals surface area contributed by atoms with Gasteiger partial charge in [-0.05, 0) is 56.5 Å². The van der Waals surface area contributed by atoms with Gasteiger partial charge >= 0.3 is 0 Å². The molecular weight excluding hydrogens is 498 g/mol. The lowest BCUT2D eigenvalue weighted by Crippen LogP contribution is -2.51. The Hall–Kier alpha value is -3.65. The second-order valence-electron chi connectivity index (χ2n) is 9.99. The van der Waals surface area contributed by atoms with E-state index < -0.39 is 28.5 Å². The molecule has 0 saturated carbocycles. The number of amides is 2. The second kappa shape index (κ2) is 12.7. The van der Waals surface area contributed by atoms with Crippen LogP contribution in [0.5, 0.6) is 0 Å². The summed E-state index contributed by atoms with van der Waals surface area (Å²) in [4.78, 5) is 28.4. The zero-order chi connectivity index (χ0) is 27.9. The summed E-state index contributed by atoms with van der Waals surface area (Å²) in [7, 11) is -4.06. The fourth-order valence-electron chi connectivity index (χ4n) is 4.00. The number of nitrogens with one attached hydrogen (secondary N) is 1. The van der Waals surface area contributed by atoms with E-state index in [2.05, 4.69) is 5.32 Å². The van der Waals surface area contributed by atoms with E-state index in [4.69, 9.17) is 0 Å². The number of hydrogen-bond donors (Lipinski definition) is 1. The van der Waals surface area contributed by atoms with Crippen LogP contribution < -0.4 is 9.62 Å². The molecule has 0 unspecified atom stereocenters. The maximum absolute atomic E-state index is 13.9. The molecule has 0 aliphatic rings. The summed E-state index contributed by atoms with van der Waals surface area (Å²) in [6.07, 6.45) is 0. The van der Waals surface area contributed by atoms with Crippen LogP contribution in [0.3, 0.4) is 0 Å². The van der Waals surface area contributed by atoms with Crippen LogP contribution in [0.1, 0.15) is 37.5 Å². The van der Waals surface area contributed by atoms with Gasteiger partial charge in [-0.25, -0.2) is 8.42 Å². The first-order chi connectivity index (χ1) is 18.0. The van der Waals surface area contributed by atoms with Crippen LogP contribution >= 0.6 is 0 Å². The fourth-order valence-corrected chi connectivity index (χ4v) is 5.44. The SMILES string of the molecule is Cc1ccc(N(CC(=O)N(Cc2cccc(C)c2)[C@@H](C)C(=O)NCC(C)C)S(=O)(=O)c2ccccc2)cc1. The van der Waals surface area contributed by atoms with Crippen molar-refractivity contribution in [1.82, 2.24) is 10.2 Å². The Morgan fingerprint density at radius 1 is 0.842 bits per heavy atom. The van der Waals surface area contributed by atoms with Crippen LogP contribution in [0.15, 0.2) is 83.8 Å². The quantitative estimate of drug-likeness (QED) is 0.386. The van der Waals surface area contributed by atoms with E-state index in [9.17, 15) is 18.0 Å². The molecule has 8 heteroatoms. The molecule has 1 atom stereocenters. The van der Waals surface area contributed by atoms with E-state index in [-0.39, 0.29) is 23.3 Å².